The summed E-state index contributed by atoms with van der Waals surface area (Å²) in [5, 5.41) is 1.93. The summed E-state index contributed by atoms with van der Waals surface area (Å²) in [7, 11) is 1.60. The van der Waals surface area contributed by atoms with E-state index in [1.807, 2.05) is 41.8 Å². The number of fused-ring (bicyclic) bond motifs is 1. The number of hydrogen-bond acceptors (Lipinski definition) is 7. The molecule has 1 aliphatic rings. The van der Waals surface area contributed by atoms with E-state index in [-0.39, 0.29) is 11.7 Å². The van der Waals surface area contributed by atoms with Crippen LogP contribution < -0.4 is 19.6 Å². The maximum Gasteiger partial charge on any atom is 0.338 e. The third kappa shape index (κ3) is 4.00. The molecule has 3 aromatic rings. The Balaban J connectivity index is 1.93. The zero-order chi connectivity index (χ0) is 22.1. The maximum atomic E-state index is 13.5. The number of esters is 1. The zero-order valence-corrected chi connectivity index (χ0v) is 19.3. The normalized spacial score (nSPS) is 16.3. The summed E-state index contributed by atoms with van der Waals surface area (Å²) in [4.78, 5) is 32.5. The average Bonchev–Trinajstić information content (AvgIpc) is 3.36. The van der Waals surface area contributed by atoms with Crippen molar-refractivity contribution in [2.24, 2.45) is 4.99 Å². The summed E-state index contributed by atoms with van der Waals surface area (Å²) < 4.78 is 13.0. The van der Waals surface area contributed by atoms with Crippen LogP contribution in [0.15, 0.2) is 62.8 Å². The van der Waals surface area contributed by atoms with Gasteiger partial charge in [0.05, 0.1) is 29.0 Å². The zero-order valence-electron chi connectivity index (χ0n) is 17.6. The molecule has 0 saturated heterocycles. The molecule has 0 saturated carbocycles. The molecule has 2 aromatic heterocycles. The number of thiophene rings is 1. The lowest BCUT2D eigenvalue weighted by Gasteiger charge is -2.24. The SMILES string of the molecule is COc1ccccc1/C=c1/sc2n(c1=O)C(c1cccs1)C(C(=O)OC(C)C)=C(C)N=2. The van der Waals surface area contributed by atoms with Crippen LogP contribution in [0.3, 0.4) is 0 Å². The van der Waals surface area contributed by atoms with Gasteiger partial charge in [-0.15, -0.1) is 11.3 Å². The van der Waals surface area contributed by atoms with Crippen molar-refractivity contribution in [3.8, 4) is 5.75 Å². The van der Waals surface area contributed by atoms with Crippen LogP contribution in [-0.4, -0.2) is 23.8 Å². The van der Waals surface area contributed by atoms with Crippen molar-refractivity contribution in [1.29, 1.82) is 0 Å². The molecular formula is C23H22N2O4S2. The Kier molecular flexibility index (Phi) is 5.93. The lowest BCUT2D eigenvalue weighted by Crippen LogP contribution is -2.39. The molecular weight excluding hydrogens is 432 g/mol. The number of carbonyl (C=O) groups is 1. The van der Waals surface area contributed by atoms with Gasteiger partial charge in [-0.2, -0.15) is 0 Å². The van der Waals surface area contributed by atoms with Crippen molar-refractivity contribution in [2.45, 2.75) is 32.9 Å². The van der Waals surface area contributed by atoms with Gasteiger partial charge >= 0.3 is 5.97 Å². The highest BCUT2D eigenvalue weighted by atomic mass is 32.1. The van der Waals surface area contributed by atoms with Crippen LogP contribution in [0.4, 0.5) is 0 Å². The molecule has 4 rings (SSSR count). The molecule has 3 heterocycles. The molecule has 8 heteroatoms. The molecule has 1 atom stereocenters. The molecule has 0 aliphatic carbocycles. The minimum absolute atomic E-state index is 0.199. The summed E-state index contributed by atoms with van der Waals surface area (Å²) >= 11 is 2.79. The fourth-order valence-corrected chi connectivity index (χ4v) is 5.36. The topological polar surface area (TPSA) is 69.9 Å². The Morgan fingerprint density at radius 1 is 1.23 bits per heavy atom. The number of ether oxygens (including phenoxy) is 2. The number of nitrogens with zero attached hydrogens (tertiary/aromatic N) is 2. The Hall–Kier alpha value is -2.97. The van der Waals surface area contributed by atoms with Crippen molar-refractivity contribution in [1.82, 2.24) is 4.57 Å². The third-order valence-corrected chi connectivity index (χ3v) is 6.73. The fraction of sp³-hybridized carbons (Fsp3) is 0.261. The fourth-order valence-electron chi connectivity index (χ4n) is 3.50. The van der Waals surface area contributed by atoms with Crippen molar-refractivity contribution >= 4 is 34.7 Å². The first-order valence-electron chi connectivity index (χ1n) is 9.80. The number of rotatable bonds is 5. The minimum atomic E-state index is -0.567. The van der Waals surface area contributed by atoms with Gasteiger partial charge in [0.2, 0.25) is 0 Å². The first-order chi connectivity index (χ1) is 14.9. The van der Waals surface area contributed by atoms with Crippen molar-refractivity contribution in [3.05, 3.63) is 83.2 Å². The molecule has 0 bridgehead atoms. The minimum Gasteiger partial charge on any atom is -0.496 e. The average molecular weight is 455 g/mol. The van der Waals surface area contributed by atoms with Gasteiger partial charge in [0.1, 0.15) is 11.8 Å². The van der Waals surface area contributed by atoms with Crippen LogP contribution >= 0.6 is 22.7 Å². The summed E-state index contributed by atoms with van der Waals surface area (Å²) in [5.41, 5.74) is 1.56. The van der Waals surface area contributed by atoms with Gasteiger partial charge in [-0.25, -0.2) is 9.79 Å². The molecule has 1 aromatic carbocycles. The van der Waals surface area contributed by atoms with Crippen molar-refractivity contribution < 1.29 is 14.3 Å². The number of benzene rings is 1. The van der Waals surface area contributed by atoms with Gasteiger partial charge in [0, 0.05) is 10.4 Å². The van der Waals surface area contributed by atoms with Gasteiger partial charge in [-0.1, -0.05) is 35.6 Å². The molecule has 0 fully saturated rings. The van der Waals surface area contributed by atoms with Crippen molar-refractivity contribution in [3.63, 3.8) is 0 Å². The molecule has 1 unspecified atom stereocenters. The Morgan fingerprint density at radius 2 is 2.00 bits per heavy atom. The Morgan fingerprint density at radius 3 is 2.68 bits per heavy atom. The molecule has 0 N–H and O–H groups in total. The summed E-state index contributed by atoms with van der Waals surface area (Å²) in [6, 6.07) is 10.8. The molecule has 160 valence electrons. The first-order valence-corrected chi connectivity index (χ1v) is 11.5. The number of allylic oxidation sites excluding steroid dienone is 1. The Labute approximate surface area is 187 Å². The van der Waals surface area contributed by atoms with Crippen LogP contribution in [-0.2, 0) is 9.53 Å². The quantitative estimate of drug-likeness (QED) is 0.555. The van der Waals surface area contributed by atoms with Crippen LogP contribution in [0.5, 0.6) is 5.75 Å². The van der Waals surface area contributed by atoms with E-state index in [0.29, 0.717) is 26.4 Å². The number of methoxy groups -OCH3 is 1. The predicted octanol–water partition coefficient (Wildman–Crippen LogP) is 3.26. The lowest BCUT2D eigenvalue weighted by molar-refractivity contribution is -0.143. The summed E-state index contributed by atoms with van der Waals surface area (Å²) in [5.74, 6) is 0.231. The van der Waals surface area contributed by atoms with Gasteiger partial charge in [-0.05, 0) is 44.4 Å². The summed E-state index contributed by atoms with van der Waals surface area (Å²) in [6.45, 7) is 5.39. The van der Waals surface area contributed by atoms with E-state index in [4.69, 9.17) is 9.47 Å². The van der Waals surface area contributed by atoms with Gasteiger partial charge in [0.25, 0.3) is 5.56 Å². The van der Waals surface area contributed by atoms with E-state index in [9.17, 15) is 9.59 Å². The molecule has 31 heavy (non-hydrogen) atoms. The smallest absolute Gasteiger partial charge is 0.338 e. The van der Waals surface area contributed by atoms with Crippen LogP contribution in [0.1, 0.15) is 37.3 Å². The van der Waals surface area contributed by atoms with E-state index >= 15 is 0 Å². The summed E-state index contributed by atoms with van der Waals surface area (Å²) in [6.07, 6.45) is 1.53. The number of carbonyl (C=O) groups excluding carboxylic acids is 1. The maximum absolute atomic E-state index is 13.5. The van der Waals surface area contributed by atoms with Gasteiger partial charge in [0.15, 0.2) is 4.80 Å². The second-order valence-electron chi connectivity index (χ2n) is 7.29. The molecule has 0 spiro atoms. The second kappa shape index (κ2) is 8.64. The van der Waals surface area contributed by atoms with E-state index in [1.54, 1.807) is 38.5 Å². The van der Waals surface area contributed by atoms with Crippen LogP contribution in [0.25, 0.3) is 6.08 Å². The lowest BCUT2D eigenvalue weighted by atomic mass is 10.0. The number of thiazole rings is 1. The molecule has 0 radical (unpaired) electrons. The molecule has 6 nitrogen and oxygen atoms in total. The van der Waals surface area contributed by atoms with Gasteiger partial charge in [-0.3, -0.25) is 9.36 Å². The van der Waals surface area contributed by atoms with Crippen LogP contribution in [0.2, 0.25) is 0 Å². The number of hydrogen-bond donors (Lipinski definition) is 0. The monoisotopic (exact) mass is 454 g/mol. The van der Waals surface area contributed by atoms with E-state index < -0.39 is 12.0 Å². The standard InChI is InChI=1S/C23H22N2O4S2/c1-13(2)29-22(27)19-14(3)24-23-25(20(19)17-10-7-11-30-17)21(26)18(31-23)12-15-8-5-6-9-16(15)28-4/h5-13,20H,1-4H3/b18-12+. The molecule has 1 aliphatic heterocycles. The van der Waals surface area contributed by atoms with Gasteiger partial charge < -0.3 is 9.47 Å². The van der Waals surface area contributed by atoms with Crippen LogP contribution in [0, 0.1) is 0 Å². The highest BCUT2D eigenvalue weighted by molar-refractivity contribution is 7.10. The Bertz CT molecular complexity index is 1330. The molecule has 0 amide bonds. The largest absolute Gasteiger partial charge is 0.496 e. The first kappa shape index (κ1) is 21.3. The van der Waals surface area contributed by atoms with E-state index in [1.165, 1.54) is 22.7 Å². The predicted molar refractivity (Wildman–Crippen MR) is 122 cm³/mol. The van der Waals surface area contributed by atoms with E-state index in [2.05, 4.69) is 4.99 Å². The highest BCUT2D eigenvalue weighted by Crippen LogP contribution is 2.33. The van der Waals surface area contributed by atoms with E-state index in [0.717, 1.165) is 10.4 Å². The number of para-hydroxylation sites is 1. The highest BCUT2D eigenvalue weighted by Gasteiger charge is 2.34. The van der Waals surface area contributed by atoms with Crippen molar-refractivity contribution in [2.75, 3.05) is 7.11 Å². The number of aromatic nitrogens is 1. The third-order valence-electron chi connectivity index (χ3n) is 4.82. The second-order valence-corrected chi connectivity index (χ2v) is 9.28.